The van der Waals surface area contributed by atoms with Gasteiger partial charge in [-0.2, -0.15) is 0 Å². The molecular formula is C48H63N5O8. The van der Waals surface area contributed by atoms with Crippen molar-refractivity contribution in [3.05, 3.63) is 70.9 Å². The summed E-state index contributed by atoms with van der Waals surface area (Å²) in [5.41, 5.74) is -0.312. The van der Waals surface area contributed by atoms with Crippen molar-refractivity contribution >= 4 is 34.5 Å². The van der Waals surface area contributed by atoms with Crippen LogP contribution in [0.4, 0.5) is 5.69 Å². The van der Waals surface area contributed by atoms with Gasteiger partial charge in [0.25, 0.3) is 0 Å². The lowest BCUT2D eigenvalue weighted by Gasteiger charge is -2.63. The fourth-order valence-corrected chi connectivity index (χ4v) is 14.1. The van der Waals surface area contributed by atoms with E-state index in [1.807, 2.05) is 31.0 Å². The molecule has 2 N–H and O–H groups in total. The maximum Gasteiger partial charge on any atom is 0.344 e. The Bertz CT molecular complexity index is 2310. The van der Waals surface area contributed by atoms with Gasteiger partial charge in [-0.1, -0.05) is 44.2 Å². The van der Waals surface area contributed by atoms with E-state index in [0.29, 0.717) is 43.7 Å². The Morgan fingerprint density at radius 2 is 1.72 bits per heavy atom. The van der Waals surface area contributed by atoms with Crippen LogP contribution in [-0.4, -0.2) is 147 Å². The highest BCUT2D eigenvalue weighted by atomic mass is 16.6. The molecule has 5 aliphatic heterocycles. The summed E-state index contributed by atoms with van der Waals surface area (Å²) in [6.45, 7) is 9.60. The minimum atomic E-state index is -2.28. The predicted octanol–water partition coefficient (Wildman–Crippen LogP) is 4.56. The van der Waals surface area contributed by atoms with Gasteiger partial charge in [0.2, 0.25) is 5.60 Å². The number of anilines is 1. The zero-order valence-electron chi connectivity index (χ0n) is 37.3. The summed E-state index contributed by atoms with van der Waals surface area (Å²) in [6.07, 6.45) is 7.04. The normalized spacial score (nSPS) is 36.2. The minimum Gasteiger partial charge on any atom is -0.496 e. The van der Waals surface area contributed by atoms with Crippen molar-refractivity contribution in [1.29, 1.82) is 0 Å². The lowest BCUT2D eigenvalue weighted by Crippen LogP contribution is -2.81. The fraction of sp³-hybridized carbons (Fsp3) is 0.604. The van der Waals surface area contributed by atoms with Gasteiger partial charge < -0.3 is 43.7 Å². The molecule has 9 rings (SSSR count). The van der Waals surface area contributed by atoms with Gasteiger partial charge >= 0.3 is 17.9 Å². The first-order valence-corrected chi connectivity index (χ1v) is 22.1. The van der Waals surface area contributed by atoms with E-state index in [1.165, 1.54) is 21.1 Å². The number of nitrogens with one attached hydrogen (secondary N) is 1. The molecule has 1 unspecified atom stereocenters. The third-order valence-electron chi connectivity index (χ3n) is 16.5. The maximum absolute atomic E-state index is 15.5. The van der Waals surface area contributed by atoms with Gasteiger partial charge in [0.15, 0.2) is 6.10 Å². The number of piperidine rings is 1. The zero-order valence-corrected chi connectivity index (χ0v) is 37.3. The van der Waals surface area contributed by atoms with Gasteiger partial charge in [-0.25, -0.2) is 4.79 Å². The molecule has 328 valence electrons. The molecule has 3 aromatic rings. The first-order valence-electron chi connectivity index (χ1n) is 22.1. The summed E-state index contributed by atoms with van der Waals surface area (Å²) < 4.78 is 24.2. The van der Waals surface area contributed by atoms with Crippen LogP contribution in [0.15, 0.2) is 48.6 Å². The number of methoxy groups -OCH3 is 3. The highest BCUT2D eigenvalue weighted by Gasteiger charge is 2.80. The summed E-state index contributed by atoms with van der Waals surface area (Å²) in [7, 11) is 10.6. The fourth-order valence-electron chi connectivity index (χ4n) is 14.1. The average Bonchev–Trinajstić information content (AvgIpc) is 3.92. The van der Waals surface area contributed by atoms with Crippen LogP contribution in [-0.2, 0) is 45.8 Å². The number of aliphatic hydroxyl groups is 1. The number of rotatable bonds is 8. The third kappa shape index (κ3) is 5.42. The Kier molecular flexibility index (Phi) is 10.0. The minimum absolute atomic E-state index is 0.0912. The molecule has 61 heavy (non-hydrogen) atoms. The number of hydrogen-bond donors (Lipinski definition) is 2. The molecule has 0 radical (unpaired) electrons. The summed E-state index contributed by atoms with van der Waals surface area (Å²) in [5.74, 6) is -1.21. The molecule has 0 amide bonds. The molecular weight excluding hydrogens is 775 g/mol. The molecule has 13 heteroatoms. The van der Waals surface area contributed by atoms with Crippen LogP contribution in [0.1, 0.15) is 75.3 Å². The van der Waals surface area contributed by atoms with E-state index in [9.17, 15) is 14.7 Å². The Morgan fingerprint density at radius 3 is 2.39 bits per heavy atom. The highest BCUT2D eigenvalue weighted by molar-refractivity contribution is 5.95. The molecule has 1 aliphatic carbocycles. The summed E-state index contributed by atoms with van der Waals surface area (Å²) >= 11 is 0. The lowest BCUT2D eigenvalue weighted by atomic mass is 9.47. The van der Waals surface area contributed by atoms with Crippen LogP contribution in [0.5, 0.6) is 5.75 Å². The van der Waals surface area contributed by atoms with Crippen LogP contribution in [0.25, 0.3) is 10.9 Å². The number of carbonyl (C=O) groups excluding carboxylic acids is 3. The number of likely N-dealkylation sites (N-methyl/N-ethyl adjacent to an activating group) is 2. The lowest BCUT2D eigenvalue weighted by molar-refractivity contribution is -0.228. The summed E-state index contributed by atoms with van der Waals surface area (Å²) in [4.78, 5) is 56.2. The van der Waals surface area contributed by atoms with E-state index in [0.717, 1.165) is 72.3 Å². The summed E-state index contributed by atoms with van der Waals surface area (Å²) in [6, 6.07) is 11.3. The third-order valence-corrected chi connectivity index (χ3v) is 16.5. The second kappa shape index (κ2) is 14.6. The van der Waals surface area contributed by atoms with E-state index < -0.39 is 45.9 Å². The van der Waals surface area contributed by atoms with Crippen molar-refractivity contribution in [2.75, 3.05) is 80.1 Å². The standard InChI is InChI=1S/C48H63N5O8/c1-10-44(50(4)5)25-30-26-47(42(55)59-8,38-32(17-21-52(27-30)28-44)31-15-12-13-16-35(31)49-38)34-23-33-36(24-37(34)58-7)51(6)40-46(33)19-22-53-20-14-18-45(11-2,39(46)53)41(61-29(3)54)48(40,57)43(56)60-9/h12-16,18,23-24,30,39-41,49,57H,10-11,17,19-22,25-28H2,1-9H3/t30-,39+,40-,41-,44+,45-,46-,47+,48+/m1/s1. The first-order chi connectivity index (χ1) is 29.2. The van der Waals surface area contributed by atoms with Crippen LogP contribution in [0, 0.1) is 11.3 Å². The SMILES string of the molecule is CC[C@]12C=CCN3CC[C@@]4(c5cc([C@@]6(C(=O)OC)C[C@@H]7CN(CCc8c6[nH]c6ccccc86)C[C@@](CC)(N(C)C)C7)c(OC)cc5N(C)[C@H]4[C@@](O)(C(=O)OC)[C@@H]1OC(C)=O)[C@@H]32. The van der Waals surface area contributed by atoms with E-state index in [2.05, 4.69) is 77.1 Å². The monoisotopic (exact) mass is 837 g/mol. The van der Waals surface area contributed by atoms with Crippen LogP contribution >= 0.6 is 0 Å². The van der Waals surface area contributed by atoms with Crippen molar-refractivity contribution in [3.63, 3.8) is 0 Å². The molecule has 10 atom stereocenters. The topological polar surface area (TPSA) is 137 Å². The highest BCUT2D eigenvalue weighted by Crippen LogP contribution is 2.68. The molecule has 1 saturated carbocycles. The number of ether oxygens (including phenoxy) is 4. The van der Waals surface area contributed by atoms with Crippen molar-refractivity contribution in [2.24, 2.45) is 11.3 Å². The van der Waals surface area contributed by atoms with Crippen molar-refractivity contribution in [3.8, 4) is 5.75 Å². The van der Waals surface area contributed by atoms with Gasteiger partial charge in [0, 0.05) is 96.5 Å². The molecule has 13 nitrogen and oxygen atoms in total. The number of aromatic nitrogens is 1. The van der Waals surface area contributed by atoms with Gasteiger partial charge in [-0.3, -0.25) is 14.5 Å². The largest absolute Gasteiger partial charge is 0.496 e. The number of carbonyl (C=O) groups is 3. The molecule has 1 aromatic heterocycles. The van der Waals surface area contributed by atoms with Crippen LogP contribution < -0.4 is 9.64 Å². The van der Waals surface area contributed by atoms with Crippen LogP contribution in [0.2, 0.25) is 0 Å². The van der Waals surface area contributed by atoms with Gasteiger partial charge in [-0.05, 0) is 88.3 Å². The number of aromatic amines is 1. The Labute approximate surface area is 359 Å². The summed E-state index contributed by atoms with van der Waals surface area (Å²) in [5, 5.41) is 14.5. The number of fused-ring (bicyclic) bond motifs is 6. The average molecular weight is 838 g/mol. The number of benzene rings is 2. The number of hydrogen-bond acceptors (Lipinski definition) is 12. The molecule has 6 aliphatic rings. The van der Waals surface area contributed by atoms with E-state index in [-0.39, 0.29) is 23.5 Å². The van der Waals surface area contributed by atoms with Crippen molar-refractivity contribution in [1.82, 2.24) is 19.7 Å². The van der Waals surface area contributed by atoms with E-state index in [1.54, 1.807) is 7.11 Å². The molecule has 2 bridgehead atoms. The molecule has 2 aromatic carbocycles. The number of nitrogens with zero attached hydrogens (tertiary/aromatic N) is 4. The predicted molar refractivity (Wildman–Crippen MR) is 232 cm³/mol. The zero-order chi connectivity index (χ0) is 43.4. The number of para-hydroxylation sites is 1. The molecule has 3 fully saturated rings. The van der Waals surface area contributed by atoms with Crippen LogP contribution in [0.3, 0.4) is 0 Å². The van der Waals surface area contributed by atoms with Crippen molar-refractivity contribution in [2.45, 2.75) is 99.5 Å². The number of esters is 3. The van der Waals surface area contributed by atoms with Gasteiger partial charge in [0.05, 0.1) is 27.4 Å². The Balaban J connectivity index is 1.36. The maximum atomic E-state index is 15.5. The quantitative estimate of drug-likeness (QED) is 0.187. The van der Waals surface area contributed by atoms with Gasteiger partial charge in [0.1, 0.15) is 11.2 Å². The Morgan fingerprint density at radius 1 is 0.967 bits per heavy atom. The smallest absolute Gasteiger partial charge is 0.344 e. The van der Waals surface area contributed by atoms with Crippen molar-refractivity contribution < 1.29 is 38.4 Å². The van der Waals surface area contributed by atoms with Gasteiger partial charge in [-0.15, -0.1) is 0 Å². The van der Waals surface area contributed by atoms with E-state index >= 15 is 4.79 Å². The molecule has 2 saturated heterocycles. The van der Waals surface area contributed by atoms with E-state index in [4.69, 9.17) is 18.9 Å². The molecule has 6 heterocycles. The number of H-pyrrole nitrogens is 1. The molecule has 1 spiro atoms. The second-order valence-electron chi connectivity index (χ2n) is 19.1. The second-order valence-corrected chi connectivity index (χ2v) is 19.1. The Hall–Kier alpha value is -4.43. The first kappa shape index (κ1) is 41.9.